The lowest BCUT2D eigenvalue weighted by atomic mass is 10.0. The molecule has 1 saturated heterocycles. The second kappa shape index (κ2) is 7.99. The minimum Gasteiger partial charge on any atom is -0.491 e. The molecule has 0 bridgehead atoms. The van der Waals surface area contributed by atoms with Crippen molar-refractivity contribution < 1.29 is 28.1 Å². The van der Waals surface area contributed by atoms with E-state index < -0.39 is 17.8 Å². The first-order valence-electron chi connectivity index (χ1n) is 7.73. The van der Waals surface area contributed by atoms with Crippen LogP contribution < -0.4 is 4.74 Å². The Labute approximate surface area is 133 Å². The number of hydrogen-bond donors (Lipinski definition) is 2. The number of alkyl halides is 3. The Morgan fingerprint density at radius 2 is 2.09 bits per heavy atom. The van der Waals surface area contributed by atoms with Gasteiger partial charge in [0, 0.05) is 12.6 Å². The fraction of sp³-hybridized carbons (Fsp3) is 0.625. The van der Waals surface area contributed by atoms with Crippen LogP contribution in [-0.2, 0) is 6.18 Å². The lowest BCUT2D eigenvalue weighted by Gasteiger charge is -2.35. The molecule has 23 heavy (non-hydrogen) atoms. The number of nitrogens with zero attached hydrogens (tertiary/aromatic N) is 1. The van der Waals surface area contributed by atoms with Crippen molar-refractivity contribution in [2.45, 2.75) is 37.6 Å². The van der Waals surface area contributed by atoms with E-state index in [0.717, 1.165) is 37.9 Å². The van der Waals surface area contributed by atoms with Gasteiger partial charge in [-0.2, -0.15) is 13.2 Å². The monoisotopic (exact) mass is 333 g/mol. The van der Waals surface area contributed by atoms with Gasteiger partial charge in [-0.3, -0.25) is 4.90 Å². The highest BCUT2D eigenvalue weighted by Gasteiger charge is 2.30. The number of aliphatic hydroxyl groups excluding tert-OH is 2. The normalized spacial score (nSPS) is 21.2. The maximum absolute atomic E-state index is 12.6. The summed E-state index contributed by atoms with van der Waals surface area (Å²) >= 11 is 0. The number of benzene rings is 1. The minimum absolute atomic E-state index is 0.0342. The molecule has 1 unspecified atom stereocenters. The Kier molecular flexibility index (Phi) is 6.26. The summed E-state index contributed by atoms with van der Waals surface area (Å²) in [5, 5.41) is 19.4. The molecule has 0 amide bonds. The highest BCUT2D eigenvalue weighted by molar-refractivity contribution is 5.30. The highest BCUT2D eigenvalue weighted by atomic mass is 19.4. The van der Waals surface area contributed by atoms with Gasteiger partial charge in [0.05, 0.1) is 12.2 Å². The van der Waals surface area contributed by atoms with E-state index in [2.05, 4.69) is 0 Å². The molecule has 2 atom stereocenters. The molecule has 1 heterocycles. The Morgan fingerprint density at radius 3 is 2.78 bits per heavy atom. The topological polar surface area (TPSA) is 52.9 Å². The van der Waals surface area contributed by atoms with Gasteiger partial charge in [-0.05, 0) is 37.6 Å². The first kappa shape index (κ1) is 18.0. The second-order valence-corrected chi connectivity index (χ2v) is 5.82. The predicted molar refractivity (Wildman–Crippen MR) is 79.2 cm³/mol. The lowest BCUT2D eigenvalue weighted by Crippen LogP contribution is -2.46. The smallest absolute Gasteiger partial charge is 0.416 e. The van der Waals surface area contributed by atoms with Crippen LogP contribution in [0.3, 0.4) is 0 Å². The number of rotatable bonds is 6. The number of piperidine rings is 1. The number of ether oxygens (including phenoxy) is 1. The number of halogens is 3. The lowest BCUT2D eigenvalue weighted by molar-refractivity contribution is -0.137. The van der Waals surface area contributed by atoms with Crippen molar-refractivity contribution in [3.8, 4) is 5.75 Å². The molecule has 0 radical (unpaired) electrons. The van der Waals surface area contributed by atoms with Crippen molar-refractivity contribution in [2.75, 3.05) is 26.3 Å². The van der Waals surface area contributed by atoms with E-state index in [4.69, 9.17) is 4.74 Å². The molecule has 7 heteroatoms. The molecular formula is C16H22F3NO3. The molecule has 2 N–H and O–H groups in total. The van der Waals surface area contributed by atoms with Crippen molar-refractivity contribution in [2.24, 2.45) is 0 Å². The van der Waals surface area contributed by atoms with Crippen LogP contribution in [0.1, 0.15) is 24.8 Å². The fourth-order valence-corrected chi connectivity index (χ4v) is 2.79. The molecule has 0 saturated carbocycles. The molecule has 1 aromatic carbocycles. The van der Waals surface area contributed by atoms with Crippen molar-refractivity contribution >= 4 is 0 Å². The second-order valence-electron chi connectivity index (χ2n) is 5.82. The van der Waals surface area contributed by atoms with Gasteiger partial charge in [0.15, 0.2) is 0 Å². The van der Waals surface area contributed by atoms with Gasteiger partial charge in [-0.25, -0.2) is 0 Å². The standard InChI is InChI=1S/C16H22F3NO3/c17-16(18,19)12-4-3-6-15(8-12)23-11-14(22)9-20-7-2-1-5-13(20)10-21/h3-4,6,8,13-14,21-22H,1-2,5,7,9-11H2/t13-,14?/m1/s1. The first-order valence-corrected chi connectivity index (χ1v) is 7.73. The van der Waals surface area contributed by atoms with Gasteiger partial charge in [-0.1, -0.05) is 12.5 Å². The van der Waals surface area contributed by atoms with Crippen molar-refractivity contribution in [1.29, 1.82) is 0 Å². The van der Waals surface area contributed by atoms with Gasteiger partial charge in [0.2, 0.25) is 0 Å². The van der Waals surface area contributed by atoms with Crippen molar-refractivity contribution in [3.63, 3.8) is 0 Å². The maximum atomic E-state index is 12.6. The quantitative estimate of drug-likeness (QED) is 0.839. The molecule has 130 valence electrons. The zero-order chi connectivity index (χ0) is 16.9. The molecule has 0 spiro atoms. The summed E-state index contributed by atoms with van der Waals surface area (Å²) in [6, 6.07) is 4.63. The molecule has 1 aromatic rings. The van der Waals surface area contributed by atoms with Gasteiger partial charge in [0.25, 0.3) is 0 Å². The van der Waals surface area contributed by atoms with Crippen LogP contribution >= 0.6 is 0 Å². The van der Waals surface area contributed by atoms with Gasteiger partial charge >= 0.3 is 6.18 Å². The summed E-state index contributed by atoms with van der Waals surface area (Å²) in [7, 11) is 0. The van der Waals surface area contributed by atoms with Gasteiger partial charge < -0.3 is 14.9 Å². The van der Waals surface area contributed by atoms with E-state index in [0.29, 0.717) is 6.54 Å². The van der Waals surface area contributed by atoms with Crippen LogP contribution in [-0.4, -0.2) is 53.6 Å². The summed E-state index contributed by atoms with van der Waals surface area (Å²) in [6.45, 7) is 1.09. The van der Waals surface area contributed by atoms with Crippen LogP contribution in [0, 0.1) is 0 Å². The third-order valence-electron chi connectivity index (χ3n) is 4.01. The SMILES string of the molecule is OC[C@H]1CCCCN1CC(O)COc1cccc(C(F)(F)F)c1. The van der Waals surface area contributed by atoms with E-state index >= 15 is 0 Å². The highest BCUT2D eigenvalue weighted by Crippen LogP contribution is 2.31. The summed E-state index contributed by atoms with van der Waals surface area (Å²) in [4.78, 5) is 2.00. The van der Waals surface area contributed by atoms with E-state index in [1.165, 1.54) is 12.1 Å². The zero-order valence-corrected chi connectivity index (χ0v) is 12.8. The third kappa shape index (κ3) is 5.37. The van der Waals surface area contributed by atoms with Crippen LogP contribution in [0.5, 0.6) is 5.75 Å². The van der Waals surface area contributed by atoms with E-state index in [-0.39, 0.29) is 25.0 Å². The molecule has 0 aromatic heterocycles. The third-order valence-corrected chi connectivity index (χ3v) is 4.01. The summed E-state index contributed by atoms with van der Waals surface area (Å²) in [5.41, 5.74) is -0.777. The molecule has 1 fully saturated rings. The Bertz CT molecular complexity index is 496. The molecule has 2 rings (SSSR count). The van der Waals surface area contributed by atoms with E-state index in [1.807, 2.05) is 4.90 Å². The van der Waals surface area contributed by atoms with Gasteiger partial charge in [0.1, 0.15) is 18.5 Å². The molecule has 4 nitrogen and oxygen atoms in total. The van der Waals surface area contributed by atoms with Crippen molar-refractivity contribution in [3.05, 3.63) is 29.8 Å². The first-order chi connectivity index (χ1) is 10.9. The summed E-state index contributed by atoms with van der Waals surface area (Å²) in [6.07, 6.45) is -2.29. The number of hydrogen-bond acceptors (Lipinski definition) is 4. The average molecular weight is 333 g/mol. The number of aliphatic hydroxyl groups is 2. The minimum atomic E-state index is -4.42. The van der Waals surface area contributed by atoms with Crippen LogP contribution in [0.25, 0.3) is 0 Å². The maximum Gasteiger partial charge on any atom is 0.416 e. The van der Waals surface area contributed by atoms with Crippen LogP contribution in [0.2, 0.25) is 0 Å². The van der Waals surface area contributed by atoms with Crippen LogP contribution in [0.15, 0.2) is 24.3 Å². The fourth-order valence-electron chi connectivity index (χ4n) is 2.79. The predicted octanol–water partition coefficient (Wildman–Crippen LogP) is 2.29. The van der Waals surface area contributed by atoms with E-state index in [9.17, 15) is 23.4 Å². The van der Waals surface area contributed by atoms with E-state index in [1.54, 1.807) is 0 Å². The Balaban J connectivity index is 1.85. The summed E-state index contributed by atoms with van der Waals surface area (Å²) < 4.78 is 43.1. The number of likely N-dealkylation sites (tertiary alicyclic amines) is 1. The number of β-amino-alcohol motifs (C(OH)–C–C–N with tert-alkyl or cyclic N) is 1. The summed E-state index contributed by atoms with van der Waals surface area (Å²) in [5.74, 6) is 0.0798. The molecule has 1 aliphatic rings. The molecular weight excluding hydrogens is 311 g/mol. The Hall–Kier alpha value is -1.31. The zero-order valence-electron chi connectivity index (χ0n) is 12.8. The average Bonchev–Trinajstić information content (AvgIpc) is 2.53. The van der Waals surface area contributed by atoms with Gasteiger partial charge in [-0.15, -0.1) is 0 Å². The molecule has 0 aliphatic carbocycles. The van der Waals surface area contributed by atoms with Crippen LogP contribution in [0.4, 0.5) is 13.2 Å². The largest absolute Gasteiger partial charge is 0.491 e. The Morgan fingerprint density at radius 1 is 1.30 bits per heavy atom. The molecule has 1 aliphatic heterocycles. The van der Waals surface area contributed by atoms with Crippen molar-refractivity contribution in [1.82, 2.24) is 4.90 Å².